The molecule has 6 nitrogen and oxygen atoms in total. The van der Waals surface area contributed by atoms with E-state index in [9.17, 15) is 9.59 Å². The minimum Gasteiger partial charge on any atom is -0.351 e. The molecule has 1 aromatic carbocycles. The fraction of sp³-hybridized carbons (Fsp3) is 0.600. The number of amides is 2. The minimum atomic E-state index is -0.216. The Morgan fingerprint density at radius 3 is 2.62 bits per heavy atom. The highest BCUT2D eigenvalue weighted by atomic mass is 16.2. The maximum atomic E-state index is 12.6. The van der Waals surface area contributed by atoms with Crippen molar-refractivity contribution < 1.29 is 19.4 Å². The predicted octanol–water partition coefficient (Wildman–Crippen LogP) is -1.74. The molecular formula is C20H34N4O2+2. The van der Waals surface area contributed by atoms with Gasteiger partial charge in [0.25, 0.3) is 11.8 Å². The molecule has 1 fully saturated rings. The van der Waals surface area contributed by atoms with Gasteiger partial charge in [0.2, 0.25) is 0 Å². The van der Waals surface area contributed by atoms with Gasteiger partial charge in [-0.3, -0.25) is 9.59 Å². The fourth-order valence-electron chi connectivity index (χ4n) is 3.41. The lowest BCUT2D eigenvalue weighted by Crippen LogP contribution is -3.16. The molecule has 1 aliphatic heterocycles. The van der Waals surface area contributed by atoms with Crippen molar-refractivity contribution in [3.8, 4) is 0 Å². The summed E-state index contributed by atoms with van der Waals surface area (Å²) in [4.78, 5) is 28.9. The van der Waals surface area contributed by atoms with E-state index in [0.29, 0.717) is 13.1 Å². The summed E-state index contributed by atoms with van der Waals surface area (Å²) in [6.45, 7) is 11.4. The van der Waals surface area contributed by atoms with Crippen molar-refractivity contribution in [2.24, 2.45) is 0 Å². The molecule has 2 atom stereocenters. The van der Waals surface area contributed by atoms with Gasteiger partial charge in [-0.05, 0) is 20.8 Å². The molecule has 0 aliphatic carbocycles. The average Bonchev–Trinajstić information content (AvgIpc) is 2.61. The molecule has 0 bridgehead atoms. The lowest BCUT2D eigenvalue weighted by molar-refractivity contribution is -0.918. The molecular weight excluding hydrogens is 328 g/mol. The Bertz CT molecular complexity index is 612. The van der Waals surface area contributed by atoms with Crippen molar-refractivity contribution >= 4 is 11.8 Å². The Hall–Kier alpha value is -1.92. The fourth-order valence-corrected chi connectivity index (χ4v) is 3.41. The van der Waals surface area contributed by atoms with Crippen LogP contribution in [0.5, 0.6) is 0 Å². The minimum absolute atomic E-state index is 0.00483. The first kappa shape index (κ1) is 20.4. The third kappa shape index (κ3) is 5.81. The van der Waals surface area contributed by atoms with Crippen LogP contribution < -0.4 is 15.1 Å². The first-order valence-corrected chi connectivity index (χ1v) is 9.67. The van der Waals surface area contributed by atoms with E-state index in [1.807, 2.05) is 25.8 Å². The third-order valence-electron chi connectivity index (χ3n) is 5.27. The van der Waals surface area contributed by atoms with E-state index >= 15 is 0 Å². The first-order valence-electron chi connectivity index (χ1n) is 9.67. The van der Waals surface area contributed by atoms with Gasteiger partial charge in [-0.25, -0.2) is 0 Å². The number of carbonyl (C=O) groups excluding carboxylic acids is 2. The molecule has 0 saturated carbocycles. The number of carbonyl (C=O) groups is 2. The van der Waals surface area contributed by atoms with Gasteiger partial charge in [-0.1, -0.05) is 29.8 Å². The normalized spacial score (nSPS) is 17.6. The van der Waals surface area contributed by atoms with Gasteiger partial charge in [0.05, 0.1) is 33.2 Å². The van der Waals surface area contributed by atoms with Crippen LogP contribution in [-0.2, 0) is 16.1 Å². The van der Waals surface area contributed by atoms with Crippen molar-refractivity contribution in [1.29, 1.82) is 0 Å². The van der Waals surface area contributed by atoms with E-state index in [2.05, 4.69) is 36.5 Å². The van der Waals surface area contributed by atoms with Gasteiger partial charge < -0.3 is 20.0 Å². The summed E-state index contributed by atoms with van der Waals surface area (Å²) in [5, 5.41) is 2.82. The van der Waals surface area contributed by atoms with Gasteiger partial charge in [-0.15, -0.1) is 0 Å². The van der Waals surface area contributed by atoms with Crippen LogP contribution in [0.15, 0.2) is 24.3 Å². The zero-order valence-corrected chi connectivity index (χ0v) is 16.6. The Balaban J connectivity index is 1.78. The second-order valence-electron chi connectivity index (χ2n) is 7.44. The Morgan fingerprint density at radius 2 is 2.00 bits per heavy atom. The monoisotopic (exact) mass is 362 g/mol. The van der Waals surface area contributed by atoms with E-state index in [4.69, 9.17) is 0 Å². The summed E-state index contributed by atoms with van der Waals surface area (Å²) < 4.78 is 0. The van der Waals surface area contributed by atoms with Gasteiger partial charge in [0.15, 0.2) is 12.6 Å². The SMILES string of the molecule is CCNC(=O)[C@H](C)[NH+](C)CC(=O)N1CC[NH+](Cc2cccc(C)c2)CC1. The van der Waals surface area contributed by atoms with Gasteiger partial charge in [0.1, 0.15) is 6.54 Å². The van der Waals surface area contributed by atoms with Crippen LogP contribution in [-0.4, -0.2) is 69.1 Å². The number of benzene rings is 1. The number of hydrogen-bond donors (Lipinski definition) is 3. The number of piperazine rings is 1. The van der Waals surface area contributed by atoms with Crippen LogP contribution in [0.2, 0.25) is 0 Å². The van der Waals surface area contributed by atoms with Gasteiger partial charge in [0, 0.05) is 12.1 Å². The molecule has 0 radical (unpaired) electrons. The number of nitrogens with zero attached hydrogens (tertiary/aromatic N) is 1. The summed E-state index contributed by atoms with van der Waals surface area (Å²) in [5.41, 5.74) is 2.66. The first-order chi connectivity index (χ1) is 12.4. The van der Waals surface area contributed by atoms with E-state index in [1.54, 1.807) is 0 Å². The molecule has 1 aliphatic rings. The van der Waals surface area contributed by atoms with Crippen LogP contribution >= 0.6 is 0 Å². The van der Waals surface area contributed by atoms with Crippen molar-refractivity contribution in [3.05, 3.63) is 35.4 Å². The number of quaternary nitrogens is 2. The summed E-state index contributed by atoms with van der Waals surface area (Å²) in [6, 6.07) is 8.44. The molecule has 1 unspecified atom stereocenters. The molecule has 0 spiro atoms. The zero-order chi connectivity index (χ0) is 19.1. The van der Waals surface area contributed by atoms with Crippen molar-refractivity contribution in [2.75, 3.05) is 46.3 Å². The van der Waals surface area contributed by atoms with Crippen LogP contribution in [0.4, 0.5) is 0 Å². The predicted molar refractivity (Wildman–Crippen MR) is 102 cm³/mol. The second-order valence-corrected chi connectivity index (χ2v) is 7.44. The molecule has 0 aromatic heterocycles. The van der Waals surface area contributed by atoms with E-state index in [-0.39, 0.29) is 17.9 Å². The molecule has 1 heterocycles. The Kier molecular flexibility index (Phi) is 7.60. The van der Waals surface area contributed by atoms with Crippen molar-refractivity contribution in [3.63, 3.8) is 0 Å². The quantitative estimate of drug-likeness (QED) is 0.540. The molecule has 3 N–H and O–H groups in total. The molecule has 1 saturated heterocycles. The number of nitrogens with one attached hydrogen (secondary N) is 3. The van der Waals surface area contributed by atoms with Crippen LogP contribution in [0, 0.1) is 6.92 Å². The second kappa shape index (κ2) is 9.69. The van der Waals surface area contributed by atoms with E-state index in [1.165, 1.54) is 16.0 Å². The number of rotatable bonds is 7. The molecule has 2 amide bonds. The highest BCUT2D eigenvalue weighted by Crippen LogP contribution is 2.02. The third-order valence-corrected chi connectivity index (χ3v) is 5.27. The van der Waals surface area contributed by atoms with E-state index < -0.39 is 0 Å². The lowest BCUT2D eigenvalue weighted by Gasteiger charge is -2.33. The number of likely N-dealkylation sites (N-methyl/N-ethyl adjacent to an activating group) is 2. The summed E-state index contributed by atoms with van der Waals surface area (Å²) in [6.07, 6.45) is 0. The van der Waals surface area contributed by atoms with Gasteiger partial charge >= 0.3 is 0 Å². The summed E-state index contributed by atoms with van der Waals surface area (Å²) >= 11 is 0. The maximum absolute atomic E-state index is 12.6. The molecule has 1 aromatic rings. The van der Waals surface area contributed by atoms with Crippen molar-refractivity contribution in [1.82, 2.24) is 10.2 Å². The van der Waals surface area contributed by atoms with Gasteiger partial charge in [-0.2, -0.15) is 0 Å². The highest BCUT2D eigenvalue weighted by Gasteiger charge is 2.28. The van der Waals surface area contributed by atoms with Crippen molar-refractivity contribution in [2.45, 2.75) is 33.4 Å². The summed E-state index contributed by atoms with van der Waals surface area (Å²) in [5.74, 6) is 0.151. The van der Waals surface area contributed by atoms with Crippen LogP contribution in [0.3, 0.4) is 0 Å². The molecule has 144 valence electrons. The number of hydrogen-bond acceptors (Lipinski definition) is 2. The Morgan fingerprint density at radius 1 is 1.31 bits per heavy atom. The van der Waals surface area contributed by atoms with E-state index in [0.717, 1.165) is 37.6 Å². The lowest BCUT2D eigenvalue weighted by atomic mass is 10.1. The Labute approximate surface area is 157 Å². The zero-order valence-electron chi connectivity index (χ0n) is 16.6. The topological polar surface area (TPSA) is 58.3 Å². The largest absolute Gasteiger partial charge is 0.351 e. The van der Waals surface area contributed by atoms with Crippen LogP contribution in [0.1, 0.15) is 25.0 Å². The highest BCUT2D eigenvalue weighted by molar-refractivity contribution is 5.81. The molecule has 6 heteroatoms. The average molecular weight is 363 g/mol. The van der Waals surface area contributed by atoms with Crippen LogP contribution in [0.25, 0.3) is 0 Å². The standard InChI is InChI=1S/C20H32N4O2/c1-5-21-20(26)17(3)22(4)15-19(25)24-11-9-23(10-12-24)14-18-8-6-7-16(2)13-18/h6-8,13,17H,5,9-12,14-15H2,1-4H3,(H,21,26)/p+2/t17-/m0/s1. The molecule has 2 rings (SSSR count). The smallest absolute Gasteiger partial charge is 0.278 e. The maximum Gasteiger partial charge on any atom is 0.278 e. The number of aryl methyl sites for hydroxylation is 1. The summed E-state index contributed by atoms with van der Waals surface area (Å²) in [7, 11) is 1.91. The molecule has 26 heavy (non-hydrogen) atoms.